The first-order valence-electron chi connectivity index (χ1n) is 9.49. The third-order valence-corrected chi connectivity index (χ3v) is 7.80. The Kier molecular flexibility index (Phi) is 6.46. The summed E-state index contributed by atoms with van der Waals surface area (Å²) in [6.07, 6.45) is 3.13. The van der Waals surface area contributed by atoms with Crippen LogP contribution < -0.4 is 20.1 Å². The van der Waals surface area contributed by atoms with E-state index in [1.807, 2.05) is 10.6 Å². The number of hydrogen-bond acceptors (Lipinski definition) is 9. The molecule has 0 radical (unpaired) electrons. The van der Waals surface area contributed by atoms with Crippen LogP contribution in [-0.2, 0) is 16.6 Å². The molecule has 0 unspecified atom stereocenters. The summed E-state index contributed by atoms with van der Waals surface area (Å²) in [6, 6.07) is 4.13. The fourth-order valence-electron chi connectivity index (χ4n) is 3.24. The van der Waals surface area contributed by atoms with Crippen molar-refractivity contribution in [3.63, 3.8) is 0 Å². The van der Waals surface area contributed by atoms with Crippen molar-refractivity contribution in [1.29, 1.82) is 0 Å². The Morgan fingerprint density at radius 2 is 2.16 bits per heavy atom. The first-order chi connectivity index (χ1) is 14.7. The maximum Gasteiger partial charge on any atom is 0.208 e. The molecule has 3 N–H and O–H groups in total. The molecule has 3 heterocycles. The molecular formula is C18H22IN7O3S2. The van der Waals surface area contributed by atoms with E-state index in [0.717, 1.165) is 32.7 Å². The molecule has 31 heavy (non-hydrogen) atoms. The number of aryl methyl sites for hydroxylation is 1. The fraction of sp³-hybridized carbons (Fsp3) is 0.389. The molecule has 0 saturated carbocycles. The summed E-state index contributed by atoms with van der Waals surface area (Å²) in [5.41, 5.74) is 8.25. The van der Waals surface area contributed by atoms with Crippen molar-refractivity contribution in [2.24, 2.45) is 0 Å². The van der Waals surface area contributed by atoms with Crippen molar-refractivity contribution >= 4 is 67.0 Å². The van der Waals surface area contributed by atoms with Gasteiger partial charge in [-0.15, -0.1) is 0 Å². The Bertz CT molecular complexity index is 1230. The van der Waals surface area contributed by atoms with E-state index >= 15 is 0 Å². The third kappa shape index (κ3) is 4.99. The summed E-state index contributed by atoms with van der Waals surface area (Å²) in [7, 11) is -1.19. The van der Waals surface area contributed by atoms with Gasteiger partial charge >= 0.3 is 0 Å². The SMILES string of the molecule is CN1CCOc2cc(Sc3nc4c(N)ncnc4n3CCCNS(C)(=O)=O)c(I)cc21. The van der Waals surface area contributed by atoms with E-state index in [2.05, 4.69) is 60.3 Å². The zero-order chi connectivity index (χ0) is 22.2. The lowest BCUT2D eigenvalue weighted by molar-refractivity contribution is 0.310. The van der Waals surface area contributed by atoms with E-state index in [9.17, 15) is 8.42 Å². The summed E-state index contributed by atoms with van der Waals surface area (Å²) in [4.78, 5) is 16.3. The zero-order valence-corrected chi connectivity index (χ0v) is 20.8. The fourth-order valence-corrected chi connectivity index (χ4v) is 5.48. The van der Waals surface area contributed by atoms with Gasteiger partial charge in [-0.05, 0) is 41.1 Å². The smallest absolute Gasteiger partial charge is 0.208 e. The molecule has 0 atom stereocenters. The molecule has 2 aromatic heterocycles. The van der Waals surface area contributed by atoms with Gasteiger partial charge in [0.15, 0.2) is 22.1 Å². The van der Waals surface area contributed by atoms with Gasteiger partial charge in [0.25, 0.3) is 0 Å². The minimum absolute atomic E-state index is 0.310. The predicted octanol–water partition coefficient (Wildman–Crippen LogP) is 1.93. The maximum atomic E-state index is 11.3. The van der Waals surface area contributed by atoms with Crippen LogP contribution in [0.5, 0.6) is 5.75 Å². The highest BCUT2D eigenvalue weighted by molar-refractivity contribution is 14.1. The molecule has 166 valence electrons. The number of halogens is 1. The van der Waals surface area contributed by atoms with Crippen LogP contribution in [0.3, 0.4) is 0 Å². The molecule has 0 aliphatic carbocycles. The molecule has 0 bridgehead atoms. The van der Waals surface area contributed by atoms with Crippen LogP contribution in [0, 0.1) is 3.57 Å². The van der Waals surface area contributed by atoms with Crippen molar-refractivity contribution in [2.45, 2.75) is 23.0 Å². The monoisotopic (exact) mass is 575 g/mol. The van der Waals surface area contributed by atoms with Crippen LogP contribution in [0.1, 0.15) is 6.42 Å². The minimum atomic E-state index is -3.24. The quantitative estimate of drug-likeness (QED) is 0.321. The van der Waals surface area contributed by atoms with Gasteiger partial charge in [-0.25, -0.2) is 28.1 Å². The van der Waals surface area contributed by atoms with E-state index < -0.39 is 10.0 Å². The van der Waals surface area contributed by atoms with E-state index in [-0.39, 0.29) is 0 Å². The Balaban J connectivity index is 1.66. The molecule has 0 saturated heterocycles. The number of sulfonamides is 1. The molecule has 0 spiro atoms. The van der Waals surface area contributed by atoms with Crippen molar-refractivity contribution in [3.8, 4) is 5.75 Å². The van der Waals surface area contributed by atoms with Gasteiger partial charge in [-0.3, -0.25) is 0 Å². The maximum absolute atomic E-state index is 11.3. The van der Waals surface area contributed by atoms with Crippen molar-refractivity contribution in [2.75, 3.05) is 43.6 Å². The normalized spacial score (nSPS) is 14.0. The summed E-state index contributed by atoms with van der Waals surface area (Å²) in [5, 5.41) is 0.712. The summed E-state index contributed by atoms with van der Waals surface area (Å²) in [6.45, 7) is 2.34. The number of rotatable bonds is 7. The Morgan fingerprint density at radius 1 is 1.35 bits per heavy atom. The Hall–Kier alpha value is -1.84. The van der Waals surface area contributed by atoms with Gasteiger partial charge in [-0.1, -0.05) is 11.8 Å². The second kappa shape index (κ2) is 8.96. The largest absolute Gasteiger partial charge is 0.490 e. The number of nitrogen functional groups attached to an aromatic ring is 1. The van der Waals surface area contributed by atoms with E-state index in [1.165, 1.54) is 18.1 Å². The lowest BCUT2D eigenvalue weighted by Crippen LogP contribution is -2.28. The molecule has 0 amide bonds. The predicted molar refractivity (Wildman–Crippen MR) is 129 cm³/mol. The highest BCUT2D eigenvalue weighted by Gasteiger charge is 2.21. The second-order valence-electron chi connectivity index (χ2n) is 7.12. The lowest BCUT2D eigenvalue weighted by Gasteiger charge is -2.28. The topological polar surface area (TPSA) is 128 Å². The number of hydrogen-bond donors (Lipinski definition) is 2. The number of likely N-dealkylation sites (N-methyl/N-ethyl adjacent to an activating group) is 1. The summed E-state index contributed by atoms with van der Waals surface area (Å²) < 4.78 is 34.1. The van der Waals surface area contributed by atoms with Crippen molar-refractivity contribution < 1.29 is 13.2 Å². The van der Waals surface area contributed by atoms with Crippen LogP contribution in [0.15, 0.2) is 28.5 Å². The molecular weight excluding hydrogens is 553 g/mol. The molecule has 0 fully saturated rings. The van der Waals surface area contributed by atoms with Crippen LogP contribution >= 0.6 is 34.4 Å². The highest BCUT2D eigenvalue weighted by Crippen LogP contribution is 2.41. The average molecular weight is 575 g/mol. The van der Waals surface area contributed by atoms with Crippen LogP contribution in [0.25, 0.3) is 11.2 Å². The Labute approximate surface area is 198 Å². The van der Waals surface area contributed by atoms with Crippen molar-refractivity contribution in [3.05, 3.63) is 22.0 Å². The van der Waals surface area contributed by atoms with Gasteiger partial charge in [0, 0.05) is 28.6 Å². The molecule has 1 aliphatic rings. The van der Waals surface area contributed by atoms with E-state index in [1.54, 1.807) is 0 Å². The van der Waals surface area contributed by atoms with E-state index in [4.69, 9.17) is 10.5 Å². The lowest BCUT2D eigenvalue weighted by atomic mass is 10.2. The second-order valence-corrected chi connectivity index (χ2v) is 11.1. The molecule has 10 nitrogen and oxygen atoms in total. The van der Waals surface area contributed by atoms with Gasteiger partial charge < -0.3 is 19.9 Å². The number of fused-ring (bicyclic) bond motifs is 2. The first-order valence-corrected chi connectivity index (χ1v) is 13.3. The number of nitrogens with zero attached hydrogens (tertiary/aromatic N) is 5. The Morgan fingerprint density at radius 3 is 2.94 bits per heavy atom. The number of nitrogens with one attached hydrogen (secondary N) is 1. The molecule has 4 rings (SSSR count). The zero-order valence-electron chi connectivity index (χ0n) is 17.0. The van der Waals surface area contributed by atoms with Gasteiger partial charge in [0.1, 0.15) is 18.7 Å². The van der Waals surface area contributed by atoms with Gasteiger partial charge in [0.05, 0.1) is 18.5 Å². The molecule has 1 aliphatic heterocycles. The number of ether oxygens (including phenoxy) is 1. The van der Waals surface area contributed by atoms with Gasteiger partial charge in [-0.2, -0.15) is 0 Å². The number of anilines is 2. The number of benzene rings is 1. The molecule has 3 aromatic rings. The van der Waals surface area contributed by atoms with Gasteiger partial charge in [0.2, 0.25) is 10.0 Å². The number of aromatic nitrogens is 4. The summed E-state index contributed by atoms with van der Waals surface area (Å²) in [5.74, 6) is 1.15. The van der Waals surface area contributed by atoms with Crippen LogP contribution in [0.2, 0.25) is 0 Å². The third-order valence-electron chi connectivity index (χ3n) is 4.76. The number of imidazole rings is 1. The molecule has 1 aromatic carbocycles. The van der Waals surface area contributed by atoms with E-state index in [0.29, 0.717) is 48.3 Å². The summed E-state index contributed by atoms with van der Waals surface area (Å²) >= 11 is 3.81. The van der Waals surface area contributed by atoms with Crippen LogP contribution in [0.4, 0.5) is 11.5 Å². The number of nitrogens with two attached hydrogens (primary N) is 1. The first kappa shape index (κ1) is 22.4. The average Bonchev–Trinajstić information content (AvgIpc) is 3.05. The minimum Gasteiger partial charge on any atom is -0.490 e. The standard InChI is InChI=1S/C18H22IN7O3S2/c1-25-6-7-29-13-9-14(11(19)8-12(13)25)30-18-24-15-16(20)21-10-22-17(15)26(18)5-3-4-23-31(2,27)28/h8-10,23H,3-7H2,1-2H3,(H2,20,21,22). The van der Waals surface area contributed by atoms with Crippen molar-refractivity contribution in [1.82, 2.24) is 24.2 Å². The highest BCUT2D eigenvalue weighted by atomic mass is 127. The molecule has 13 heteroatoms. The van der Waals surface area contributed by atoms with Crippen LogP contribution in [-0.4, -0.2) is 60.9 Å².